The predicted molar refractivity (Wildman–Crippen MR) is 104 cm³/mol. The maximum absolute atomic E-state index is 12.5. The van der Waals surface area contributed by atoms with Gasteiger partial charge in [-0.25, -0.2) is 0 Å². The fourth-order valence-corrected chi connectivity index (χ4v) is 3.19. The molecule has 0 bridgehead atoms. The van der Waals surface area contributed by atoms with E-state index in [2.05, 4.69) is 26.6 Å². The van der Waals surface area contributed by atoms with Gasteiger partial charge in [-0.3, -0.25) is 14.4 Å². The number of carboxylic acids is 1. The molecule has 2 amide bonds. The number of azide groups is 1. The molecule has 1 aliphatic rings. The zero-order valence-electron chi connectivity index (χ0n) is 16.3. The molecule has 1 rings (SSSR count). The first kappa shape index (κ1) is 25.2. The normalized spacial score (nSPS) is 26.5. The summed E-state index contributed by atoms with van der Waals surface area (Å²) >= 11 is 0. The minimum atomic E-state index is -1.75. The first-order valence-electron chi connectivity index (χ1n) is 9.54. The Labute approximate surface area is 173 Å². The topological polar surface area (TPSA) is 205 Å². The van der Waals surface area contributed by atoms with E-state index < -0.39 is 54.1 Å². The van der Waals surface area contributed by atoms with E-state index in [0.29, 0.717) is 25.8 Å². The number of aliphatic hydroxyl groups excluding tert-OH is 3. The second kappa shape index (κ2) is 12.7. The van der Waals surface area contributed by atoms with E-state index >= 15 is 0 Å². The third kappa shape index (κ3) is 7.53. The number of hydrogen-bond donors (Lipinski definition) is 6. The smallest absolute Gasteiger partial charge is 0.309 e. The number of carbonyl (C=O) groups excluding carboxylic acids is 2. The van der Waals surface area contributed by atoms with Gasteiger partial charge in [0.2, 0.25) is 11.8 Å². The van der Waals surface area contributed by atoms with Crippen LogP contribution in [0, 0.1) is 18.3 Å². The highest BCUT2D eigenvalue weighted by molar-refractivity contribution is 5.88. The number of nitrogens with zero attached hydrogens (tertiary/aromatic N) is 3. The van der Waals surface area contributed by atoms with Gasteiger partial charge in [0.1, 0.15) is 18.2 Å². The Morgan fingerprint density at radius 1 is 1.17 bits per heavy atom. The number of aliphatic hydroxyl groups is 3. The van der Waals surface area contributed by atoms with Crippen molar-refractivity contribution < 1.29 is 34.8 Å². The highest BCUT2D eigenvalue weighted by Crippen LogP contribution is 2.26. The molecule has 0 radical (unpaired) electrons. The molecule has 0 aromatic rings. The molecule has 6 atom stereocenters. The maximum Gasteiger partial charge on any atom is 0.309 e. The predicted octanol–water partition coefficient (Wildman–Crippen LogP) is -0.963. The highest BCUT2D eigenvalue weighted by atomic mass is 16.4. The number of nitrogens with one attached hydrogen (secondary N) is 2. The Bertz CT molecular complexity index is 704. The number of rotatable bonds is 11. The first-order valence-corrected chi connectivity index (χ1v) is 9.54. The molecule has 1 saturated carbocycles. The molecule has 0 heterocycles. The quantitative estimate of drug-likeness (QED) is 0.0802. The summed E-state index contributed by atoms with van der Waals surface area (Å²) in [6, 6.07) is -2.25. The molecule has 0 spiro atoms. The van der Waals surface area contributed by atoms with E-state index in [9.17, 15) is 29.7 Å². The summed E-state index contributed by atoms with van der Waals surface area (Å²) in [7, 11) is 0. The van der Waals surface area contributed by atoms with Gasteiger partial charge in [0.25, 0.3) is 0 Å². The van der Waals surface area contributed by atoms with Crippen molar-refractivity contribution in [2.24, 2.45) is 11.0 Å². The van der Waals surface area contributed by atoms with Crippen molar-refractivity contribution in [2.75, 3.05) is 6.54 Å². The number of carboxylic acid groups (broad SMARTS) is 1. The molecule has 1 aliphatic carbocycles. The summed E-state index contributed by atoms with van der Waals surface area (Å²) in [4.78, 5) is 38.5. The van der Waals surface area contributed by atoms with Crippen molar-refractivity contribution in [3.05, 3.63) is 10.4 Å². The first-order chi connectivity index (χ1) is 14.2. The van der Waals surface area contributed by atoms with Gasteiger partial charge < -0.3 is 31.1 Å². The average molecular weight is 425 g/mol. The average Bonchev–Trinajstić information content (AvgIpc) is 2.70. The van der Waals surface area contributed by atoms with Crippen LogP contribution in [0.25, 0.3) is 10.4 Å². The lowest BCUT2D eigenvalue weighted by molar-refractivity contribution is -0.165. The van der Waals surface area contributed by atoms with Crippen molar-refractivity contribution in [2.45, 2.75) is 68.9 Å². The lowest BCUT2D eigenvalue weighted by atomic mass is 9.79. The summed E-state index contributed by atoms with van der Waals surface area (Å²) in [6.07, 6.45) is 1.73. The Balaban J connectivity index is 2.63. The maximum atomic E-state index is 12.5. The molecule has 0 aromatic heterocycles. The van der Waals surface area contributed by atoms with Crippen LogP contribution in [0.3, 0.4) is 0 Å². The lowest BCUT2D eigenvalue weighted by Gasteiger charge is -2.39. The van der Waals surface area contributed by atoms with E-state index in [1.165, 1.54) is 0 Å². The van der Waals surface area contributed by atoms with Gasteiger partial charge in [0.15, 0.2) is 0 Å². The Morgan fingerprint density at radius 2 is 1.87 bits per heavy atom. The SMILES string of the molecule is C#CCC(NC(=O)CCCCCN=[N+]=[N-])C(=O)NC1CC(C(=O)O)C(O)C(O)C1O. The third-order valence-corrected chi connectivity index (χ3v) is 4.88. The van der Waals surface area contributed by atoms with Crippen LogP contribution >= 0.6 is 0 Å². The lowest BCUT2D eigenvalue weighted by Crippen LogP contribution is -2.62. The fraction of sp³-hybridized carbons (Fsp3) is 0.722. The number of hydrogen-bond acceptors (Lipinski definition) is 7. The van der Waals surface area contributed by atoms with Crippen molar-refractivity contribution in [3.63, 3.8) is 0 Å². The zero-order chi connectivity index (χ0) is 22.7. The number of aliphatic carboxylic acids is 1. The molecule has 0 aromatic carbocycles. The van der Waals surface area contributed by atoms with E-state index in [0.717, 1.165) is 0 Å². The molecule has 6 N–H and O–H groups in total. The molecule has 12 heteroatoms. The van der Waals surface area contributed by atoms with Gasteiger partial charge >= 0.3 is 5.97 Å². The minimum absolute atomic E-state index is 0.128. The van der Waals surface area contributed by atoms with Crippen molar-refractivity contribution in [1.82, 2.24) is 10.6 Å². The van der Waals surface area contributed by atoms with Gasteiger partial charge in [-0.15, -0.1) is 12.3 Å². The minimum Gasteiger partial charge on any atom is -0.481 e. The summed E-state index contributed by atoms with van der Waals surface area (Å²) in [5.41, 5.74) is 8.18. The molecule has 12 nitrogen and oxygen atoms in total. The molecular weight excluding hydrogens is 398 g/mol. The third-order valence-electron chi connectivity index (χ3n) is 4.88. The second-order valence-electron chi connectivity index (χ2n) is 7.06. The van der Waals surface area contributed by atoms with Crippen LogP contribution in [0.4, 0.5) is 0 Å². The summed E-state index contributed by atoms with van der Waals surface area (Å²) < 4.78 is 0. The monoisotopic (exact) mass is 425 g/mol. The van der Waals surface area contributed by atoms with Gasteiger partial charge in [0, 0.05) is 24.3 Å². The molecule has 0 saturated heterocycles. The largest absolute Gasteiger partial charge is 0.481 e. The van der Waals surface area contributed by atoms with E-state index in [1.807, 2.05) is 0 Å². The van der Waals surface area contributed by atoms with Crippen LogP contribution in [0.15, 0.2) is 5.11 Å². The fourth-order valence-electron chi connectivity index (χ4n) is 3.19. The zero-order valence-corrected chi connectivity index (χ0v) is 16.3. The summed E-state index contributed by atoms with van der Waals surface area (Å²) in [6.45, 7) is 0.335. The van der Waals surface area contributed by atoms with Crippen LogP contribution in [0.1, 0.15) is 38.5 Å². The van der Waals surface area contributed by atoms with Crippen LogP contribution in [0.5, 0.6) is 0 Å². The van der Waals surface area contributed by atoms with Crippen LogP contribution < -0.4 is 10.6 Å². The van der Waals surface area contributed by atoms with Crippen LogP contribution in [0.2, 0.25) is 0 Å². The van der Waals surface area contributed by atoms with Crippen LogP contribution in [-0.4, -0.2) is 75.2 Å². The molecular formula is C18H27N5O7. The Hall–Kier alpha value is -2.84. The number of amides is 2. The van der Waals surface area contributed by atoms with E-state index in [-0.39, 0.29) is 19.3 Å². The standard InChI is InChI=1S/C18H27N5O7/c1-2-6-11(21-13(24)7-4-3-5-8-20-23-19)17(28)22-12-9-10(18(29)30)14(25)16(27)15(12)26/h1,10-12,14-16,25-27H,3-9H2,(H,21,24)(H,22,28)(H,29,30). The van der Waals surface area contributed by atoms with Gasteiger partial charge in [-0.05, 0) is 24.8 Å². The number of terminal acetylenes is 1. The van der Waals surface area contributed by atoms with Gasteiger partial charge in [-0.1, -0.05) is 11.5 Å². The molecule has 0 aliphatic heterocycles. The molecule has 6 unspecified atom stereocenters. The molecule has 166 valence electrons. The summed E-state index contributed by atoms with van der Waals surface area (Å²) in [5.74, 6) is -1.63. The van der Waals surface area contributed by atoms with E-state index in [4.69, 9.17) is 17.1 Å². The number of unbranched alkanes of at least 4 members (excludes halogenated alkanes) is 2. The highest BCUT2D eigenvalue weighted by Gasteiger charge is 2.46. The van der Waals surface area contributed by atoms with Crippen molar-refractivity contribution >= 4 is 17.8 Å². The van der Waals surface area contributed by atoms with Crippen molar-refractivity contribution in [3.8, 4) is 12.3 Å². The molecule has 1 fully saturated rings. The number of carbonyl (C=O) groups is 3. The second-order valence-corrected chi connectivity index (χ2v) is 7.06. The Kier molecular flexibility index (Phi) is 10.6. The summed E-state index contributed by atoms with van der Waals surface area (Å²) in [5, 5.41) is 47.2. The van der Waals surface area contributed by atoms with Crippen LogP contribution in [-0.2, 0) is 14.4 Å². The Morgan fingerprint density at radius 3 is 2.47 bits per heavy atom. The molecule has 30 heavy (non-hydrogen) atoms. The van der Waals surface area contributed by atoms with Gasteiger partial charge in [-0.2, -0.15) is 0 Å². The van der Waals surface area contributed by atoms with Crippen molar-refractivity contribution in [1.29, 1.82) is 0 Å². The van der Waals surface area contributed by atoms with E-state index in [1.54, 1.807) is 0 Å². The van der Waals surface area contributed by atoms with Gasteiger partial charge in [0.05, 0.1) is 18.1 Å².